The van der Waals surface area contributed by atoms with Gasteiger partial charge in [-0.2, -0.15) is 0 Å². The third kappa shape index (κ3) is 1.85. The van der Waals surface area contributed by atoms with Crippen LogP contribution in [-0.2, 0) is 9.53 Å². The number of rotatable bonds is 2. The number of ether oxygens (including phenoxy) is 1. The van der Waals surface area contributed by atoms with Crippen molar-refractivity contribution in [2.75, 3.05) is 7.11 Å². The van der Waals surface area contributed by atoms with Crippen LogP contribution in [0.4, 0.5) is 0 Å². The third-order valence-corrected chi connectivity index (χ3v) is 2.06. The van der Waals surface area contributed by atoms with E-state index in [1.54, 1.807) is 25.1 Å². The second kappa shape index (κ2) is 4.11. The number of carbonyl (C=O) groups excluding carboxylic acids is 1. The van der Waals surface area contributed by atoms with Crippen molar-refractivity contribution in [1.82, 2.24) is 0 Å². The van der Waals surface area contributed by atoms with Gasteiger partial charge in [-0.25, -0.2) is 0 Å². The molecule has 0 saturated carbocycles. The number of methoxy groups -OCH3 is 1. The quantitative estimate of drug-likeness (QED) is 0.687. The first-order chi connectivity index (χ1) is 6.57. The molecule has 0 radical (unpaired) electrons. The van der Waals surface area contributed by atoms with Gasteiger partial charge in [0.25, 0.3) is 0 Å². The molecular weight excluding hydrogens is 182 g/mol. The van der Waals surface area contributed by atoms with Crippen LogP contribution in [0, 0.1) is 6.92 Å². The molecule has 4 heteroatoms. The van der Waals surface area contributed by atoms with E-state index in [9.17, 15) is 9.90 Å². The molecular formula is C10H13NO3. The molecule has 0 amide bonds. The number of phenols is 1. The van der Waals surface area contributed by atoms with Gasteiger partial charge in [0.1, 0.15) is 11.8 Å². The van der Waals surface area contributed by atoms with E-state index in [0.29, 0.717) is 11.1 Å². The Hall–Kier alpha value is -1.55. The Bertz CT molecular complexity index is 349. The second-order valence-electron chi connectivity index (χ2n) is 3.01. The highest BCUT2D eigenvalue weighted by molar-refractivity contribution is 5.78. The van der Waals surface area contributed by atoms with E-state index >= 15 is 0 Å². The first-order valence-corrected chi connectivity index (χ1v) is 4.19. The normalized spacial score (nSPS) is 12.2. The number of phenolic OH excluding ortho intramolecular Hbond substituents is 1. The first kappa shape index (κ1) is 10.5. The highest BCUT2D eigenvalue weighted by Gasteiger charge is 2.19. The summed E-state index contributed by atoms with van der Waals surface area (Å²) in [4.78, 5) is 11.1. The van der Waals surface area contributed by atoms with Crippen molar-refractivity contribution in [2.45, 2.75) is 13.0 Å². The Kier molecular flexibility index (Phi) is 3.09. The Morgan fingerprint density at radius 2 is 2.21 bits per heavy atom. The van der Waals surface area contributed by atoms with Crippen LogP contribution in [0.25, 0.3) is 0 Å². The summed E-state index contributed by atoms with van der Waals surface area (Å²) >= 11 is 0. The minimum Gasteiger partial charge on any atom is -0.507 e. The average molecular weight is 195 g/mol. The Morgan fingerprint density at radius 3 is 2.79 bits per heavy atom. The molecule has 0 saturated heterocycles. The van der Waals surface area contributed by atoms with E-state index in [4.69, 9.17) is 5.73 Å². The molecule has 0 aliphatic heterocycles. The number of hydrogen-bond acceptors (Lipinski definition) is 4. The van der Waals surface area contributed by atoms with Gasteiger partial charge in [-0.05, 0) is 12.5 Å². The van der Waals surface area contributed by atoms with Crippen molar-refractivity contribution in [3.63, 3.8) is 0 Å². The SMILES string of the molecule is COC(=O)C(N)c1cccc(C)c1O. The molecule has 0 aliphatic rings. The minimum absolute atomic E-state index is 0.0467. The highest BCUT2D eigenvalue weighted by atomic mass is 16.5. The van der Waals surface area contributed by atoms with E-state index in [1.807, 2.05) is 0 Å². The van der Waals surface area contributed by atoms with Gasteiger partial charge in [-0.3, -0.25) is 4.79 Å². The van der Waals surface area contributed by atoms with Crippen molar-refractivity contribution >= 4 is 5.97 Å². The smallest absolute Gasteiger partial charge is 0.327 e. The van der Waals surface area contributed by atoms with Gasteiger partial charge < -0.3 is 15.6 Å². The highest BCUT2D eigenvalue weighted by Crippen LogP contribution is 2.26. The van der Waals surface area contributed by atoms with Crippen LogP contribution in [0.1, 0.15) is 17.2 Å². The summed E-state index contributed by atoms with van der Waals surface area (Å²) in [5, 5.41) is 9.62. The molecule has 3 N–H and O–H groups in total. The molecule has 0 heterocycles. The fourth-order valence-electron chi connectivity index (χ4n) is 1.19. The predicted octanol–water partition coefficient (Wildman–Crippen LogP) is 0.873. The number of carbonyl (C=O) groups is 1. The molecule has 1 unspecified atom stereocenters. The van der Waals surface area contributed by atoms with E-state index in [-0.39, 0.29) is 5.75 Å². The predicted molar refractivity (Wildman–Crippen MR) is 51.8 cm³/mol. The third-order valence-electron chi connectivity index (χ3n) is 2.06. The number of esters is 1. The molecule has 0 spiro atoms. The topological polar surface area (TPSA) is 72.5 Å². The average Bonchev–Trinajstić information content (AvgIpc) is 2.20. The number of benzene rings is 1. The van der Waals surface area contributed by atoms with Gasteiger partial charge in [0.2, 0.25) is 0 Å². The Morgan fingerprint density at radius 1 is 1.57 bits per heavy atom. The molecule has 76 valence electrons. The standard InChI is InChI=1S/C10H13NO3/c1-6-4-3-5-7(9(6)12)8(11)10(13)14-2/h3-5,8,12H,11H2,1-2H3. The summed E-state index contributed by atoms with van der Waals surface area (Å²) < 4.78 is 4.49. The zero-order chi connectivity index (χ0) is 10.7. The summed E-state index contributed by atoms with van der Waals surface area (Å²) in [5.41, 5.74) is 6.65. The Labute approximate surface area is 82.3 Å². The molecule has 1 aromatic rings. The van der Waals surface area contributed by atoms with E-state index in [2.05, 4.69) is 4.74 Å². The van der Waals surface area contributed by atoms with Gasteiger partial charge in [-0.1, -0.05) is 18.2 Å². The molecule has 1 atom stereocenters. The lowest BCUT2D eigenvalue weighted by molar-refractivity contribution is -0.142. The van der Waals surface area contributed by atoms with Gasteiger partial charge in [-0.15, -0.1) is 0 Å². The maximum Gasteiger partial charge on any atom is 0.327 e. The van der Waals surface area contributed by atoms with E-state index in [0.717, 1.165) is 0 Å². The number of aryl methyl sites for hydroxylation is 1. The molecule has 1 aromatic carbocycles. The Balaban J connectivity index is 3.07. The minimum atomic E-state index is -0.931. The fraction of sp³-hybridized carbons (Fsp3) is 0.300. The van der Waals surface area contributed by atoms with Crippen LogP contribution >= 0.6 is 0 Å². The summed E-state index contributed by atoms with van der Waals surface area (Å²) in [7, 11) is 1.26. The number of hydrogen-bond donors (Lipinski definition) is 2. The van der Waals surface area contributed by atoms with Crippen LogP contribution in [0.5, 0.6) is 5.75 Å². The number of aromatic hydroxyl groups is 1. The van der Waals surface area contributed by atoms with Gasteiger partial charge in [0.05, 0.1) is 7.11 Å². The van der Waals surface area contributed by atoms with E-state index in [1.165, 1.54) is 7.11 Å². The van der Waals surface area contributed by atoms with Crippen molar-refractivity contribution < 1.29 is 14.6 Å². The molecule has 0 bridgehead atoms. The number of para-hydroxylation sites is 1. The zero-order valence-corrected chi connectivity index (χ0v) is 8.15. The van der Waals surface area contributed by atoms with Crippen molar-refractivity contribution in [3.05, 3.63) is 29.3 Å². The van der Waals surface area contributed by atoms with Crippen LogP contribution in [0.3, 0.4) is 0 Å². The monoisotopic (exact) mass is 195 g/mol. The lowest BCUT2D eigenvalue weighted by Crippen LogP contribution is -2.22. The summed E-state index contributed by atoms with van der Waals surface area (Å²) in [5.74, 6) is -0.517. The molecule has 0 fully saturated rings. The van der Waals surface area contributed by atoms with Crippen LogP contribution in [-0.4, -0.2) is 18.2 Å². The maximum atomic E-state index is 11.1. The fourth-order valence-corrected chi connectivity index (χ4v) is 1.19. The van der Waals surface area contributed by atoms with Crippen LogP contribution in [0.2, 0.25) is 0 Å². The van der Waals surface area contributed by atoms with Crippen LogP contribution in [0.15, 0.2) is 18.2 Å². The second-order valence-corrected chi connectivity index (χ2v) is 3.01. The largest absolute Gasteiger partial charge is 0.507 e. The summed E-state index contributed by atoms with van der Waals surface area (Å²) in [6.07, 6.45) is 0. The molecule has 0 aromatic heterocycles. The lowest BCUT2D eigenvalue weighted by Gasteiger charge is -2.12. The lowest BCUT2D eigenvalue weighted by atomic mass is 10.0. The summed E-state index contributed by atoms with van der Waals surface area (Å²) in [6, 6.07) is 4.14. The molecule has 1 rings (SSSR count). The van der Waals surface area contributed by atoms with E-state index < -0.39 is 12.0 Å². The van der Waals surface area contributed by atoms with Gasteiger partial charge in [0, 0.05) is 5.56 Å². The van der Waals surface area contributed by atoms with Gasteiger partial charge >= 0.3 is 5.97 Å². The summed E-state index contributed by atoms with van der Waals surface area (Å²) in [6.45, 7) is 1.74. The molecule has 14 heavy (non-hydrogen) atoms. The molecule has 4 nitrogen and oxygen atoms in total. The number of nitrogens with two attached hydrogens (primary N) is 1. The van der Waals surface area contributed by atoms with Crippen molar-refractivity contribution in [1.29, 1.82) is 0 Å². The van der Waals surface area contributed by atoms with Crippen molar-refractivity contribution in [2.24, 2.45) is 5.73 Å². The van der Waals surface area contributed by atoms with Crippen LogP contribution < -0.4 is 5.73 Å². The molecule has 0 aliphatic carbocycles. The zero-order valence-electron chi connectivity index (χ0n) is 8.15. The van der Waals surface area contributed by atoms with Gasteiger partial charge in [0.15, 0.2) is 0 Å². The maximum absolute atomic E-state index is 11.1. The van der Waals surface area contributed by atoms with Crippen molar-refractivity contribution in [3.8, 4) is 5.75 Å². The first-order valence-electron chi connectivity index (χ1n) is 4.19.